The van der Waals surface area contributed by atoms with Crippen LogP contribution < -0.4 is 5.32 Å². The van der Waals surface area contributed by atoms with Gasteiger partial charge in [0.25, 0.3) is 0 Å². The van der Waals surface area contributed by atoms with Gasteiger partial charge in [0.05, 0.1) is 16.3 Å². The molecule has 0 radical (unpaired) electrons. The van der Waals surface area contributed by atoms with Gasteiger partial charge in [0.15, 0.2) is 0 Å². The molecule has 1 atom stereocenters. The molecule has 102 valence electrons. The van der Waals surface area contributed by atoms with Gasteiger partial charge in [-0.1, -0.05) is 6.07 Å². The fourth-order valence-electron chi connectivity index (χ4n) is 2.15. The first-order valence-electron chi connectivity index (χ1n) is 6.49. The average molecular weight is 347 g/mol. The summed E-state index contributed by atoms with van der Waals surface area (Å²) in [5.41, 5.74) is 4.63. The maximum absolute atomic E-state index is 4.50. The molecule has 4 heteroatoms. The number of pyridine rings is 1. The van der Waals surface area contributed by atoms with Crippen LogP contribution in [0.4, 0.5) is 5.69 Å². The zero-order valence-electron chi connectivity index (χ0n) is 11.4. The SMILES string of the molecule is Cc1ccc(NC(C)c2cnc3ccsc3c2)c(Br)c1. The molecule has 1 aromatic carbocycles. The van der Waals surface area contributed by atoms with Crippen molar-refractivity contribution in [2.45, 2.75) is 19.9 Å². The number of nitrogens with one attached hydrogen (secondary N) is 1. The van der Waals surface area contributed by atoms with Crippen LogP contribution in [0.5, 0.6) is 0 Å². The van der Waals surface area contributed by atoms with Crippen LogP contribution in [0.15, 0.2) is 46.4 Å². The predicted octanol–water partition coefficient (Wildman–Crippen LogP) is 5.54. The minimum absolute atomic E-state index is 0.216. The Labute approximate surface area is 131 Å². The lowest BCUT2D eigenvalue weighted by Gasteiger charge is -2.17. The summed E-state index contributed by atoms with van der Waals surface area (Å²) in [5.74, 6) is 0. The number of halogens is 1. The zero-order valence-corrected chi connectivity index (χ0v) is 13.8. The van der Waals surface area contributed by atoms with Gasteiger partial charge in [-0.2, -0.15) is 0 Å². The number of rotatable bonds is 3. The molecule has 3 rings (SSSR count). The summed E-state index contributed by atoms with van der Waals surface area (Å²) < 4.78 is 2.33. The van der Waals surface area contributed by atoms with E-state index in [4.69, 9.17) is 0 Å². The molecular formula is C16H15BrN2S. The van der Waals surface area contributed by atoms with Crippen LogP contribution in [0.25, 0.3) is 10.2 Å². The molecular weight excluding hydrogens is 332 g/mol. The van der Waals surface area contributed by atoms with Crippen molar-refractivity contribution < 1.29 is 0 Å². The minimum atomic E-state index is 0.216. The van der Waals surface area contributed by atoms with E-state index >= 15 is 0 Å². The van der Waals surface area contributed by atoms with Gasteiger partial charge in [-0.15, -0.1) is 11.3 Å². The third kappa shape index (κ3) is 2.72. The second-order valence-corrected chi connectivity index (χ2v) is 6.72. The van der Waals surface area contributed by atoms with E-state index in [1.165, 1.54) is 15.8 Å². The molecule has 0 aliphatic heterocycles. The lowest BCUT2D eigenvalue weighted by Crippen LogP contribution is -2.07. The molecule has 2 nitrogen and oxygen atoms in total. The Balaban J connectivity index is 1.86. The number of hydrogen-bond donors (Lipinski definition) is 1. The third-order valence-corrected chi connectivity index (χ3v) is 4.83. The van der Waals surface area contributed by atoms with Gasteiger partial charge in [-0.3, -0.25) is 4.98 Å². The van der Waals surface area contributed by atoms with Gasteiger partial charge < -0.3 is 5.32 Å². The summed E-state index contributed by atoms with van der Waals surface area (Å²) in [6.45, 7) is 4.25. The molecule has 1 N–H and O–H groups in total. The van der Waals surface area contributed by atoms with E-state index in [9.17, 15) is 0 Å². The Morgan fingerprint density at radius 1 is 1.25 bits per heavy atom. The molecule has 0 spiro atoms. The lowest BCUT2D eigenvalue weighted by molar-refractivity contribution is 0.879. The number of hydrogen-bond acceptors (Lipinski definition) is 3. The standard InChI is InChI=1S/C16H15BrN2S/c1-10-3-4-14(13(17)7-10)19-11(2)12-8-16-15(18-9-12)5-6-20-16/h3-9,11,19H,1-2H3. The zero-order chi connectivity index (χ0) is 14.1. The van der Waals surface area contributed by atoms with Gasteiger partial charge >= 0.3 is 0 Å². The maximum Gasteiger partial charge on any atom is 0.0809 e. The number of anilines is 1. The molecule has 0 saturated heterocycles. The van der Waals surface area contributed by atoms with E-state index in [0.717, 1.165) is 15.7 Å². The summed E-state index contributed by atoms with van der Waals surface area (Å²) in [6, 6.07) is 10.8. The van der Waals surface area contributed by atoms with Crippen molar-refractivity contribution in [1.29, 1.82) is 0 Å². The lowest BCUT2D eigenvalue weighted by atomic mass is 10.1. The molecule has 0 fully saturated rings. The van der Waals surface area contributed by atoms with Crippen LogP contribution in [0.1, 0.15) is 24.1 Å². The van der Waals surface area contributed by atoms with Crippen molar-refractivity contribution in [3.8, 4) is 0 Å². The van der Waals surface area contributed by atoms with Crippen molar-refractivity contribution in [1.82, 2.24) is 4.98 Å². The third-order valence-electron chi connectivity index (χ3n) is 3.32. The molecule has 0 aliphatic rings. The van der Waals surface area contributed by atoms with Crippen LogP contribution in [-0.4, -0.2) is 4.98 Å². The molecule has 0 bridgehead atoms. The van der Waals surface area contributed by atoms with E-state index < -0.39 is 0 Å². The van der Waals surface area contributed by atoms with Gasteiger partial charge in [0.1, 0.15) is 0 Å². The van der Waals surface area contributed by atoms with Crippen molar-refractivity contribution in [3.63, 3.8) is 0 Å². The first kappa shape index (κ1) is 13.6. The predicted molar refractivity (Wildman–Crippen MR) is 90.5 cm³/mol. The Morgan fingerprint density at radius 2 is 2.10 bits per heavy atom. The monoisotopic (exact) mass is 346 g/mol. The summed E-state index contributed by atoms with van der Waals surface area (Å²) >= 11 is 5.34. The summed E-state index contributed by atoms with van der Waals surface area (Å²) in [7, 11) is 0. The molecule has 2 heterocycles. The van der Waals surface area contributed by atoms with Crippen LogP contribution in [0, 0.1) is 6.92 Å². The van der Waals surface area contributed by atoms with E-state index in [0.29, 0.717) is 0 Å². The largest absolute Gasteiger partial charge is 0.378 e. The van der Waals surface area contributed by atoms with Crippen LogP contribution >= 0.6 is 27.3 Å². The topological polar surface area (TPSA) is 24.9 Å². The second kappa shape index (κ2) is 5.54. The van der Waals surface area contributed by atoms with Crippen molar-refractivity contribution in [2.24, 2.45) is 0 Å². The molecule has 2 aromatic heterocycles. The number of aryl methyl sites for hydroxylation is 1. The summed E-state index contributed by atoms with van der Waals surface area (Å²) in [6.07, 6.45) is 1.95. The normalized spacial score (nSPS) is 12.6. The molecule has 0 amide bonds. The van der Waals surface area contributed by atoms with E-state index in [2.05, 4.69) is 75.8 Å². The summed E-state index contributed by atoms with van der Waals surface area (Å²) in [4.78, 5) is 4.50. The van der Waals surface area contributed by atoms with Crippen molar-refractivity contribution >= 4 is 43.2 Å². The quantitative estimate of drug-likeness (QED) is 0.673. The number of fused-ring (bicyclic) bond motifs is 1. The van der Waals surface area contributed by atoms with Gasteiger partial charge in [-0.25, -0.2) is 0 Å². The van der Waals surface area contributed by atoms with Crippen molar-refractivity contribution in [2.75, 3.05) is 5.32 Å². The van der Waals surface area contributed by atoms with Gasteiger partial charge in [-0.05, 0) is 70.5 Å². The van der Waals surface area contributed by atoms with E-state index in [1.54, 1.807) is 11.3 Å². The smallest absolute Gasteiger partial charge is 0.0809 e. The Kier molecular flexibility index (Phi) is 3.76. The number of aromatic nitrogens is 1. The van der Waals surface area contributed by atoms with Crippen molar-refractivity contribution in [3.05, 3.63) is 57.5 Å². The number of benzene rings is 1. The molecule has 3 aromatic rings. The van der Waals surface area contributed by atoms with E-state index in [-0.39, 0.29) is 6.04 Å². The second-order valence-electron chi connectivity index (χ2n) is 4.92. The Morgan fingerprint density at radius 3 is 2.90 bits per heavy atom. The van der Waals surface area contributed by atoms with Gasteiger partial charge in [0, 0.05) is 16.4 Å². The number of thiophene rings is 1. The first-order chi connectivity index (χ1) is 9.63. The minimum Gasteiger partial charge on any atom is -0.378 e. The average Bonchev–Trinajstić information content (AvgIpc) is 2.89. The highest BCUT2D eigenvalue weighted by atomic mass is 79.9. The highest BCUT2D eigenvalue weighted by Crippen LogP contribution is 2.29. The van der Waals surface area contributed by atoms with Crippen LogP contribution in [0.2, 0.25) is 0 Å². The summed E-state index contributed by atoms with van der Waals surface area (Å²) in [5, 5.41) is 5.61. The van der Waals surface area contributed by atoms with E-state index in [1.807, 2.05) is 6.20 Å². The first-order valence-corrected chi connectivity index (χ1v) is 8.16. The molecule has 1 unspecified atom stereocenters. The fraction of sp³-hybridized carbons (Fsp3) is 0.188. The van der Waals surface area contributed by atoms with Crippen LogP contribution in [-0.2, 0) is 0 Å². The Bertz CT molecular complexity index is 751. The highest BCUT2D eigenvalue weighted by Gasteiger charge is 2.09. The Hall–Kier alpha value is -1.39. The van der Waals surface area contributed by atoms with Crippen LogP contribution in [0.3, 0.4) is 0 Å². The highest BCUT2D eigenvalue weighted by molar-refractivity contribution is 9.10. The molecule has 0 saturated carbocycles. The molecule has 20 heavy (non-hydrogen) atoms. The fourth-order valence-corrected chi connectivity index (χ4v) is 3.55. The molecule has 0 aliphatic carbocycles. The van der Waals surface area contributed by atoms with Gasteiger partial charge in [0.2, 0.25) is 0 Å². The maximum atomic E-state index is 4.50. The number of nitrogens with zero attached hydrogens (tertiary/aromatic N) is 1.